The highest BCUT2D eigenvalue weighted by molar-refractivity contribution is 5.98. The molecule has 0 aliphatic heterocycles. The average Bonchev–Trinajstić information content (AvgIpc) is 3.11. The topological polar surface area (TPSA) is 52.3 Å². The van der Waals surface area contributed by atoms with Crippen LogP contribution in [0, 0.1) is 11.7 Å². The number of ether oxygens (including phenoxy) is 1. The zero-order chi connectivity index (χ0) is 12.3. The van der Waals surface area contributed by atoms with Gasteiger partial charge in [0.25, 0.3) is 0 Å². The van der Waals surface area contributed by atoms with Crippen LogP contribution in [0.25, 0.3) is 0 Å². The molecule has 0 spiro atoms. The number of carbonyl (C=O) groups excluding carboxylic acids is 1. The van der Waals surface area contributed by atoms with Crippen LogP contribution in [0.15, 0.2) is 18.2 Å². The van der Waals surface area contributed by atoms with Crippen molar-refractivity contribution in [2.24, 2.45) is 11.7 Å². The van der Waals surface area contributed by atoms with Crippen molar-refractivity contribution >= 4 is 5.78 Å². The number of carbonyl (C=O) groups is 1. The molecule has 0 aromatic heterocycles. The number of benzene rings is 1. The summed E-state index contributed by atoms with van der Waals surface area (Å²) in [4.78, 5) is 11.8. The second kappa shape index (κ2) is 5.27. The highest BCUT2D eigenvalue weighted by Crippen LogP contribution is 2.30. The van der Waals surface area contributed by atoms with Gasteiger partial charge in [-0.2, -0.15) is 0 Å². The van der Waals surface area contributed by atoms with Gasteiger partial charge in [-0.15, -0.1) is 0 Å². The fraction of sp³-hybridized carbons (Fsp3) is 0.462. The number of ketones is 1. The van der Waals surface area contributed by atoms with Gasteiger partial charge in [-0.05, 0) is 43.5 Å². The molecular formula is C13H16FNO2. The summed E-state index contributed by atoms with van der Waals surface area (Å²) < 4.78 is 18.7. The fourth-order valence-electron chi connectivity index (χ4n) is 1.60. The zero-order valence-corrected chi connectivity index (χ0v) is 9.62. The first-order valence-corrected chi connectivity index (χ1v) is 5.86. The van der Waals surface area contributed by atoms with Crippen molar-refractivity contribution in [1.29, 1.82) is 0 Å². The van der Waals surface area contributed by atoms with Crippen molar-refractivity contribution in [1.82, 2.24) is 0 Å². The van der Waals surface area contributed by atoms with E-state index in [9.17, 15) is 9.18 Å². The maximum Gasteiger partial charge on any atom is 0.167 e. The minimum atomic E-state index is -0.427. The minimum absolute atomic E-state index is 0.169. The summed E-state index contributed by atoms with van der Waals surface area (Å²) in [5.74, 6) is 0.469. The van der Waals surface area contributed by atoms with Crippen LogP contribution in [-0.2, 0) is 0 Å². The van der Waals surface area contributed by atoms with E-state index in [0.717, 1.165) is 0 Å². The van der Waals surface area contributed by atoms with Gasteiger partial charge in [0.1, 0.15) is 11.6 Å². The van der Waals surface area contributed by atoms with Gasteiger partial charge in [-0.3, -0.25) is 4.79 Å². The van der Waals surface area contributed by atoms with Crippen LogP contribution >= 0.6 is 0 Å². The standard InChI is InChI=1S/C13H16FNO2/c14-10-3-4-13(17-8-9-1-2-9)11(7-10)12(16)5-6-15/h3-4,7,9H,1-2,5-6,8,15H2. The Bertz CT molecular complexity index is 416. The molecule has 4 heteroatoms. The molecule has 1 saturated carbocycles. The molecule has 0 atom stereocenters. The van der Waals surface area contributed by atoms with Crippen LogP contribution < -0.4 is 10.5 Å². The molecule has 1 aromatic rings. The van der Waals surface area contributed by atoms with Gasteiger partial charge in [0.2, 0.25) is 0 Å². The van der Waals surface area contributed by atoms with Gasteiger partial charge in [-0.25, -0.2) is 4.39 Å². The molecule has 0 amide bonds. The van der Waals surface area contributed by atoms with Crippen LogP contribution in [0.1, 0.15) is 29.6 Å². The smallest absolute Gasteiger partial charge is 0.167 e. The van der Waals surface area contributed by atoms with Crippen LogP contribution in [0.4, 0.5) is 4.39 Å². The molecule has 0 unspecified atom stereocenters. The molecule has 0 bridgehead atoms. The van der Waals surface area contributed by atoms with Gasteiger partial charge < -0.3 is 10.5 Å². The first-order chi connectivity index (χ1) is 8.20. The summed E-state index contributed by atoms with van der Waals surface area (Å²) in [6.07, 6.45) is 2.56. The Morgan fingerprint density at radius 2 is 2.24 bits per heavy atom. The molecule has 0 heterocycles. The van der Waals surface area contributed by atoms with E-state index in [2.05, 4.69) is 0 Å². The molecule has 17 heavy (non-hydrogen) atoms. The monoisotopic (exact) mass is 237 g/mol. The Morgan fingerprint density at radius 1 is 1.47 bits per heavy atom. The predicted molar refractivity (Wildman–Crippen MR) is 62.6 cm³/mol. The largest absolute Gasteiger partial charge is 0.493 e. The van der Waals surface area contributed by atoms with Crippen molar-refractivity contribution < 1.29 is 13.9 Å². The lowest BCUT2D eigenvalue weighted by molar-refractivity contribution is 0.0980. The Morgan fingerprint density at radius 3 is 2.88 bits per heavy atom. The summed E-state index contributed by atoms with van der Waals surface area (Å²) in [5, 5.41) is 0. The maximum absolute atomic E-state index is 13.1. The van der Waals surface area contributed by atoms with E-state index in [1.54, 1.807) is 0 Å². The molecule has 0 saturated heterocycles. The third-order valence-corrected chi connectivity index (χ3v) is 2.78. The molecule has 92 valence electrons. The quantitative estimate of drug-likeness (QED) is 0.771. The summed E-state index contributed by atoms with van der Waals surface area (Å²) in [6, 6.07) is 4.04. The SMILES string of the molecule is NCCC(=O)c1cc(F)ccc1OCC1CC1. The molecular weight excluding hydrogens is 221 g/mol. The van der Waals surface area contributed by atoms with Crippen molar-refractivity contribution in [3.05, 3.63) is 29.6 Å². The molecule has 2 N–H and O–H groups in total. The van der Waals surface area contributed by atoms with E-state index in [4.69, 9.17) is 10.5 Å². The second-order valence-corrected chi connectivity index (χ2v) is 4.36. The van der Waals surface area contributed by atoms with E-state index < -0.39 is 5.82 Å². The highest BCUT2D eigenvalue weighted by Gasteiger charge is 2.23. The lowest BCUT2D eigenvalue weighted by Gasteiger charge is -2.10. The Kier molecular flexibility index (Phi) is 3.74. The molecule has 1 fully saturated rings. The van der Waals surface area contributed by atoms with Gasteiger partial charge in [0.05, 0.1) is 12.2 Å². The molecule has 3 nitrogen and oxygen atoms in total. The number of halogens is 1. The summed E-state index contributed by atoms with van der Waals surface area (Å²) in [5.41, 5.74) is 5.63. The number of Topliss-reactive ketones (excluding diaryl/α,β-unsaturated/α-hetero) is 1. The normalized spacial score (nSPS) is 14.7. The number of nitrogens with two attached hydrogens (primary N) is 1. The number of hydrogen-bond acceptors (Lipinski definition) is 3. The van der Waals surface area contributed by atoms with Crippen molar-refractivity contribution in [3.63, 3.8) is 0 Å². The summed E-state index contributed by atoms with van der Waals surface area (Å²) in [6.45, 7) is 0.867. The van der Waals surface area contributed by atoms with E-state index in [1.165, 1.54) is 31.0 Å². The van der Waals surface area contributed by atoms with Crippen LogP contribution in [0.3, 0.4) is 0 Å². The predicted octanol–water partition coefficient (Wildman–Crippen LogP) is 2.15. The molecule has 1 aliphatic rings. The number of hydrogen-bond donors (Lipinski definition) is 1. The second-order valence-electron chi connectivity index (χ2n) is 4.36. The summed E-state index contributed by atoms with van der Waals surface area (Å²) in [7, 11) is 0. The van der Waals surface area contributed by atoms with Gasteiger partial charge in [0, 0.05) is 6.42 Å². The van der Waals surface area contributed by atoms with Gasteiger partial charge in [-0.1, -0.05) is 0 Å². The van der Waals surface area contributed by atoms with E-state index in [-0.39, 0.29) is 18.7 Å². The van der Waals surface area contributed by atoms with Crippen molar-refractivity contribution in [3.8, 4) is 5.75 Å². The van der Waals surface area contributed by atoms with E-state index in [0.29, 0.717) is 23.8 Å². The lowest BCUT2D eigenvalue weighted by Crippen LogP contribution is -2.11. The lowest BCUT2D eigenvalue weighted by atomic mass is 10.1. The van der Waals surface area contributed by atoms with E-state index >= 15 is 0 Å². The maximum atomic E-state index is 13.1. The van der Waals surface area contributed by atoms with Gasteiger partial charge in [0.15, 0.2) is 5.78 Å². The van der Waals surface area contributed by atoms with Crippen LogP contribution in [0.5, 0.6) is 5.75 Å². The third-order valence-electron chi connectivity index (χ3n) is 2.78. The highest BCUT2D eigenvalue weighted by atomic mass is 19.1. The molecule has 0 radical (unpaired) electrons. The third kappa shape index (κ3) is 3.27. The van der Waals surface area contributed by atoms with Crippen molar-refractivity contribution in [2.45, 2.75) is 19.3 Å². The molecule has 1 aliphatic carbocycles. The van der Waals surface area contributed by atoms with Crippen molar-refractivity contribution in [2.75, 3.05) is 13.2 Å². The minimum Gasteiger partial charge on any atom is -0.493 e. The average molecular weight is 237 g/mol. The summed E-state index contributed by atoms with van der Waals surface area (Å²) >= 11 is 0. The molecule has 2 rings (SSSR count). The zero-order valence-electron chi connectivity index (χ0n) is 9.62. The first kappa shape index (κ1) is 12.0. The Hall–Kier alpha value is -1.42. The number of rotatable bonds is 6. The Labute approximate surface area is 99.8 Å². The Balaban J connectivity index is 2.13. The van der Waals surface area contributed by atoms with Crippen LogP contribution in [-0.4, -0.2) is 18.9 Å². The van der Waals surface area contributed by atoms with Gasteiger partial charge >= 0.3 is 0 Å². The van der Waals surface area contributed by atoms with Crippen LogP contribution in [0.2, 0.25) is 0 Å². The van der Waals surface area contributed by atoms with E-state index in [1.807, 2.05) is 0 Å². The first-order valence-electron chi connectivity index (χ1n) is 5.86. The fourth-order valence-corrected chi connectivity index (χ4v) is 1.60. The molecule has 1 aromatic carbocycles.